The van der Waals surface area contributed by atoms with Crippen LogP contribution in [0.5, 0.6) is 0 Å². The highest BCUT2D eigenvalue weighted by Gasteiger charge is 2.28. The summed E-state index contributed by atoms with van der Waals surface area (Å²) in [6.07, 6.45) is 2.50. The van der Waals surface area contributed by atoms with Crippen molar-refractivity contribution in [1.82, 2.24) is 14.2 Å². The SMILES string of the molecule is Cc1ccc(Cc2cnc(NC(=O)c3cccc(S(=O)(=O)N4CCN(C)CC4)c3)s2)cc1. The number of hydrogen-bond acceptors (Lipinski definition) is 6. The van der Waals surface area contributed by atoms with Gasteiger partial charge in [-0.25, -0.2) is 13.4 Å². The Morgan fingerprint density at radius 2 is 1.81 bits per heavy atom. The lowest BCUT2D eigenvalue weighted by molar-refractivity contribution is 0.102. The molecule has 0 bridgehead atoms. The molecule has 1 saturated heterocycles. The number of likely N-dealkylation sites (N-methyl/N-ethyl adjacent to an activating group) is 1. The molecule has 1 aromatic heterocycles. The lowest BCUT2D eigenvalue weighted by Gasteiger charge is -2.31. The normalized spacial score (nSPS) is 15.6. The third-order valence-electron chi connectivity index (χ3n) is 5.47. The molecule has 9 heteroatoms. The molecule has 1 aliphatic heterocycles. The quantitative estimate of drug-likeness (QED) is 0.598. The van der Waals surface area contributed by atoms with E-state index in [0.717, 1.165) is 11.3 Å². The number of piperazine rings is 1. The summed E-state index contributed by atoms with van der Waals surface area (Å²) in [5.74, 6) is -0.378. The Kier molecular flexibility index (Phi) is 6.71. The fourth-order valence-electron chi connectivity index (χ4n) is 3.50. The Labute approximate surface area is 192 Å². The summed E-state index contributed by atoms with van der Waals surface area (Å²) in [6.45, 7) is 4.31. The minimum atomic E-state index is -3.63. The molecular formula is C23H26N4O3S2. The molecule has 0 spiro atoms. The molecule has 168 valence electrons. The fourth-order valence-corrected chi connectivity index (χ4v) is 5.81. The first-order valence-electron chi connectivity index (χ1n) is 10.4. The van der Waals surface area contributed by atoms with E-state index >= 15 is 0 Å². The number of benzene rings is 2. The van der Waals surface area contributed by atoms with Gasteiger partial charge in [-0.05, 0) is 37.7 Å². The molecule has 1 fully saturated rings. The highest BCUT2D eigenvalue weighted by atomic mass is 32.2. The third kappa shape index (κ3) is 5.24. The molecule has 4 rings (SSSR count). The lowest BCUT2D eigenvalue weighted by atomic mass is 10.1. The van der Waals surface area contributed by atoms with Gasteiger partial charge in [0.1, 0.15) is 0 Å². The minimum Gasteiger partial charge on any atom is -0.304 e. The Hall–Kier alpha value is -2.59. The summed E-state index contributed by atoms with van der Waals surface area (Å²) >= 11 is 1.41. The molecule has 0 saturated carbocycles. The van der Waals surface area contributed by atoms with E-state index in [2.05, 4.69) is 46.4 Å². The fraction of sp³-hybridized carbons (Fsp3) is 0.304. The number of aryl methyl sites for hydroxylation is 1. The zero-order chi connectivity index (χ0) is 22.7. The van der Waals surface area contributed by atoms with Gasteiger partial charge in [0.05, 0.1) is 4.90 Å². The van der Waals surface area contributed by atoms with Crippen LogP contribution in [0, 0.1) is 6.92 Å². The monoisotopic (exact) mass is 470 g/mol. The van der Waals surface area contributed by atoms with Gasteiger partial charge in [-0.3, -0.25) is 10.1 Å². The maximum Gasteiger partial charge on any atom is 0.257 e. The van der Waals surface area contributed by atoms with Crippen molar-refractivity contribution >= 4 is 32.4 Å². The molecular weight excluding hydrogens is 444 g/mol. The van der Waals surface area contributed by atoms with Gasteiger partial charge in [0, 0.05) is 49.2 Å². The molecule has 2 aromatic carbocycles. The van der Waals surface area contributed by atoms with Crippen LogP contribution in [0.15, 0.2) is 59.6 Å². The van der Waals surface area contributed by atoms with E-state index in [1.54, 1.807) is 18.3 Å². The number of sulfonamides is 1. The van der Waals surface area contributed by atoms with Crippen LogP contribution in [-0.2, 0) is 16.4 Å². The number of carbonyl (C=O) groups excluding carboxylic acids is 1. The molecule has 0 aliphatic carbocycles. The summed E-state index contributed by atoms with van der Waals surface area (Å²) in [7, 11) is -1.66. The summed E-state index contributed by atoms with van der Waals surface area (Å²) < 4.78 is 27.5. The molecule has 1 N–H and O–H groups in total. The van der Waals surface area contributed by atoms with Gasteiger partial charge in [0.2, 0.25) is 10.0 Å². The second-order valence-corrected chi connectivity index (χ2v) is 11.0. The summed E-state index contributed by atoms with van der Waals surface area (Å²) in [5.41, 5.74) is 2.68. The number of thiazole rings is 1. The number of aromatic nitrogens is 1. The van der Waals surface area contributed by atoms with Crippen molar-refractivity contribution in [3.8, 4) is 0 Å². The average Bonchev–Trinajstić information content (AvgIpc) is 3.22. The Bertz CT molecular complexity index is 1200. The standard InChI is InChI=1S/C23H26N4O3S2/c1-17-6-8-18(9-7-17)14-20-16-24-23(31-20)25-22(28)19-4-3-5-21(15-19)32(29,30)27-12-10-26(2)11-13-27/h3-9,15-16H,10-14H2,1-2H3,(H,24,25,28). The second kappa shape index (κ2) is 9.50. The van der Waals surface area contributed by atoms with Crippen LogP contribution in [0.25, 0.3) is 0 Å². The van der Waals surface area contributed by atoms with Gasteiger partial charge in [-0.15, -0.1) is 11.3 Å². The van der Waals surface area contributed by atoms with Crippen LogP contribution in [0.1, 0.15) is 26.4 Å². The van der Waals surface area contributed by atoms with Gasteiger partial charge >= 0.3 is 0 Å². The first-order chi connectivity index (χ1) is 15.3. The summed E-state index contributed by atoms with van der Waals surface area (Å²) in [6, 6.07) is 14.5. The van der Waals surface area contributed by atoms with Crippen molar-refractivity contribution in [2.45, 2.75) is 18.2 Å². The maximum absolute atomic E-state index is 13.0. The molecule has 32 heavy (non-hydrogen) atoms. The van der Waals surface area contributed by atoms with Crippen molar-refractivity contribution < 1.29 is 13.2 Å². The van der Waals surface area contributed by atoms with E-state index in [4.69, 9.17) is 0 Å². The largest absolute Gasteiger partial charge is 0.304 e. The highest BCUT2D eigenvalue weighted by molar-refractivity contribution is 7.89. The van der Waals surface area contributed by atoms with E-state index in [-0.39, 0.29) is 16.4 Å². The van der Waals surface area contributed by atoms with Gasteiger partial charge in [0.15, 0.2) is 5.13 Å². The number of amides is 1. The molecule has 1 aliphatic rings. The molecule has 0 atom stereocenters. The first kappa shape index (κ1) is 22.6. The van der Waals surface area contributed by atoms with E-state index < -0.39 is 10.0 Å². The van der Waals surface area contributed by atoms with Crippen molar-refractivity contribution in [2.75, 3.05) is 38.5 Å². The number of nitrogens with one attached hydrogen (secondary N) is 1. The van der Waals surface area contributed by atoms with Gasteiger partial charge in [-0.1, -0.05) is 35.9 Å². The van der Waals surface area contributed by atoms with Crippen LogP contribution >= 0.6 is 11.3 Å². The second-order valence-electron chi connectivity index (χ2n) is 7.98. The molecule has 0 unspecified atom stereocenters. The lowest BCUT2D eigenvalue weighted by Crippen LogP contribution is -2.47. The number of rotatable bonds is 6. The van der Waals surface area contributed by atoms with Crippen LogP contribution in [0.3, 0.4) is 0 Å². The smallest absolute Gasteiger partial charge is 0.257 e. The van der Waals surface area contributed by atoms with Crippen molar-refractivity contribution in [3.63, 3.8) is 0 Å². The molecule has 2 heterocycles. The summed E-state index contributed by atoms with van der Waals surface area (Å²) in [5, 5.41) is 3.28. The predicted molar refractivity (Wildman–Crippen MR) is 127 cm³/mol. The average molecular weight is 471 g/mol. The number of hydrogen-bond donors (Lipinski definition) is 1. The van der Waals surface area contributed by atoms with Crippen molar-refractivity contribution in [2.24, 2.45) is 0 Å². The van der Waals surface area contributed by atoms with Gasteiger partial charge in [0.25, 0.3) is 5.91 Å². The number of carbonyl (C=O) groups is 1. The topological polar surface area (TPSA) is 82.6 Å². The van der Waals surface area contributed by atoms with E-state index in [1.807, 2.05) is 7.05 Å². The zero-order valence-electron chi connectivity index (χ0n) is 18.1. The van der Waals surface area contributed by atoms with E-state index in [0.29, 0.717) is 31.3 Å². The molecule has 1 amide bonds. The third-order valence-corrected chi connectivity index (χ3v) is 8.28. The van der Waals surface area contributed by atoms with Crippen LogP contribution < -0.4 is 5.32 Å². The zero-order valence-corrected chi connectivity index (χ0v) is 19.7. The summed E-state index contributed by atoms with van der Waals surface area (Å²) in [4.78, 5) is 20.3. The van der Waals surface area contributed by atoms with Crippen LogP contribution in [0.4, 0.5) is 5.13 Å². The predicted octanol–water partition coefficient (Wildman–Crippen LogP) is 3.23. The van der Waals surface area contributed by atoms with E-state index in [1.165, 1.54) is 38.9 Å². The molecule has 7 nitrogen and oxygen atoms in total. The minimum absolute atomic E-state index is 0.133. The Morgan fingerprint density at radius 3 is 2.53 bits per heavy atom. The number of nitrogens with zero attached hydrogens (tertiary/aromatic N) is 3. The maximum atomic E-state index is 13.0. The Balaban J connectivity index is 1.44. The van der Waals surface area contributed by atoms with Gasteiger partial charge in [-0.2, -0.15) is 4.31 Å². The molecule has 3 aromatic rings. The Morgan fingerprint density at radius 1 is 1.09 bits per heavy atom. The van der Waals surface area contributed by atoms with E-state index in [9.17, 15) is 13.2 Å². The number of anilines is 1. The first-order valence-corrected chi connectivity index (χ1v) is 12.7. The van der Waals surface area contributed by atoms with Gasteiger partial charge < -0.3 is 4.90 Å². The highest BCUT2D eigenvalue weighted by Crippen LogP contribution is 2.23. The van der Waals surface area contributed by atoms with Crippen molar-refractivity contribution in [3.05, 3.63) is 76.3 Å². The van der Waals surface area contributed by atoms with Crippen LogP contribution in [0.2, 0.25) is 0 Å². The van der Waals surface area contributed by atoms with Crippen molar-refractivity contribution in [1.29, 1.82) is 0 Å². The molecule has 0 radical (unpaired) electrons. The van der Waals surface area contributed by atoms with Crippen LogP contribution in [-0.4, -0.2) is 61.7 Å².